The van der Waals surface area contributed by atoms with E-state index in [0.29, 0.717) is 23.5 Å². The van der Waals surface area contributed by atoms with Crippen LogP contribution in [0.15, 0.2) is 24.3 Å². The van der Waals surface area contributed by atoms with E-state index in [0.717, 1.165) is 18.4 Å². The van der Waals surface area contributed by atoms with Gasteiger partial charge in [0, 0.05) is 30.8 Å². The zero-order chi connectivity index (χ0) is 14.1. The fourth-order valence-corrected chi connectivity index (χ4v) is 3.62. The van der Waals surface area contributed by atoms with E-state index in [1.165, 1.54) is 12.8 Å². The lowest BCUT2D eigenvalue weighted by molar-refractivity contribution is -0.000456. The van der Waals surface area contributed by atoms with Crippen LogP contribution in [0.3, 0.4) is 0 Å². The number of nitrogens with zero attached hydrogens (tertiary/aromatic N) is 1. The van der Waals surface area contributed by atoms with E-state index < -0.39 is 0 Å². The SMILES string of the molecule is CN1C2CCC1CC(OC(=O)c1cccc(CCl)c1)C2. The first-order valence-corrected chi connectivity index (χ1v) is 7.78. The number of hydrogen-bond donors (Lipinski definition) is 0. The summed E-state index contributed by atoms with van der Waals surface area (Å²) >= 11 is 5.80. The van der Waals surface area contributed by atoms with Crippen molar-refractivity contribution in [2.75, 3.05) is 7.05 Å². The molecule has 1 aromatic carbocycles. The summed E-state index contributed by atoms with van der Waals surface area (Å²) in [7, 11) is 2.18. The second kappa shape index (κ2) is 5.74. The summed E-state index contributed by atoms with van der Waals surface area (Å²) in [4.78, 5) is 14.7. The minimum atomic E-state index is -0.217. The van der Waals surface area contributed by atoms with Crippen molar-refractivity contribution in [1.82, 2.24) is 4.90 Å². The Morgan fingerprint density at radius 3 is 2.70 bits per heavy atom. The molecule has 3 rings (SSSR count). The maximum absolute atomic E-state index is 12.2. The third-order valence-electron chi connectivity index (χ3n) is 4.65. The predicted molar refractivity (Wildman–Crippen MR) is 79.0 cm³/mol. The summed E-state index contributed by atoms with van der Waals surface area (Å²) in [5.74, 6) is 0.199. The molecule has 2 atom stereocenters. The predicted octanol–water partition coefficient (Wildman–Crippen LogP) is 3.21. The third kappa shape index (κ3) is 2.70. The van der Waals surface area contributed by atoms with Gasteiger partial charge in [0.15, 0.2) is 0 Å². The average Bonchev–Trinajstić information content (AvgIpc) is 2.69. The Balaban J connectivity index is 1.64. The van der Waals surface area contributed by atoms with Crippen molar-refractivity contribution in [1.29, 1.82) is 0 Å². The van der Waals surface area contributed by atoms with Crippen LogP contribution in [0.4, 0.5) is 0 Å². The Hall–Kier alpha value is -1.06. The number of benzene rings is 1. The van der Waals surface area contributed by atoms with Gasteiger partial charge in [0.25, 0.3) is 0 Å². The maximum Gasteiger partial charge on any atom is 0.338 e. The van der Waals surface area contributed by atoms with Gasteiger partial charge in [-0.05, 0) is 37.6 Å². The summed E-state index contributed by atoms with van der Waals surface area (Å²) in [6, 6.07) is 8.55. The quantitative estimate of drug-likeness (QED) is 0.633. The summed E-state index contributed by atoms with van der Waals surface area (Å²) in [5.41, 5.74) is 1.55. The molecule has 108 valence electrons. The molecule has 4 heteroatoms. The highest BCUT2D eigenvalue weighted by atomic mass is 35.5. The molecule has 2 aliphatic heterocycles. The molecular weight excluding hydrogens is 274 g/mol. The number of piperidine rings is 1. The molecule has 20 heavy (non-hydrogen) atoms. The van der Waals surface area contributed by atoms with Crippen molar-refractivity contribution in [2.24, 2.45) is 0 Å². The summed E-state index contributed by atoms with van der Waals surface area (Å²) < 4.78 is 5.70. The van der Waals surface area contributed by atoms with Crippen molar-refractivity contribution in [3.05, 3.63) is 35.4 Å². The number of rotatable bonds is 3. The van der Waals surface area contributed by atoms with Crippen molar-refractivity contribution in [3.63, 3.8) is 0 Å². The third-order valence-corrected chi connectivity index (χ3v) is 4.95. The molecule has 0 spiro atoms. The number of halogens is 1. The van der Waals surface area contributed by atoms with Crippen molar-refractivity contribution in [2.45, 2.75) is 49.8 Å². The highest BCUT2D eigenvalue weighted by Crippen LogP contribution is 2.35. The topological polar surface area (TPSA) is 29.5 Å². The molecule has 2 bridgehead atoms. The number of alkyl halides is 1. The zero-order valence-electron chi connectivity index (χ0n) is 11.7. The van der Waals surface area contributed by atoms with E-state index in [1.54, 1.807) is 6.07 Å². The van der Waals surface area contributed by atoms with Crippen LogP contribution in [-0.4, -0.2) is 36.1 Å². The fraction of sp³-hybridized carbons (Fsp3) is 0.562. The van der Waals surface area contributed by atoms with Crippen LogP contribution in [0.25, 0.3) is 0 Å². The van der Waals surface area contributed by atoms with Gasteiger partial charge in [0.2, 0.25) is 0 Å². The van der Waals surface area contributed by atoms with Gasteiger partial charge < -0.3 is 9.64 Å². The summed E-state index contributed by atoms with van der Waals surface area (Å²) in [5, 5.41) is 0. The Morgan fingerprint density at radius 2 is 2.05 bits per heavy atom. The molecule has 0 amide bonds. The Morgan fingerprint density at radius 1 is 1.35 bits per heavy atom. The molecule has 2 unspecified atom stereocenters. The Bertz CT molecular complexity index is 491. The molecule has 0 aromatic heterocycles. The lowest BCUT2D eigenvalue weighted by Crippen LogP contribution is -2.43. The molecular formula is C16H20ClNO2. The van der Waals surface area contributed by atoms with Crippen molar-refractivity contribution < 1.29 is 9.53 Å². The van der Waals surface area contributed by atoms with Gasteiger partial charge in [-0.2, -0.15) is 0 Å². The normalized spacial score (nSPS) is 29.4. The second-order valence-electron chi connectivity index (χ2n) is 5.88. The Kier molecular flexibility index (Phi) is 3.99. The lowest BCUT2D eigenvalue weighted by Gasteiger charge is -2.35. The standard InChI is InChI=1S/C16H20ClNO2/c1-18-13-5-6-14(18)9-15(8-13)20-16(19)12-4-2-3-11(7-12)10-17/h2-4,7,13-15H,5-6,8-10H2,1H3. The number of esters is 1. The van der Waals surface area contributed by atoms with Crippen LogP contribution >= 0.6 is 11.6 Å². The summed E-state index contributed by atoms with van der Waals surface area (Å²) in [6.45, 7) is 0. The number of carbonyl (C=O) groups excluding carboxylic acids is 1. The minimum Gasteiger partial charge on any atom is -0.459 e. The monoisotopic (exact) mass is 293 g/mol. The van der Waals surface area contributed by atoms with Gasteiger partial charge in [0.1, 0.15) is 6.10 Å². The van der Waals surface area contributed by atoms with Gasteiger partial charge in [-0.3, -0.25) is 0 Å². The second-order valence-corrected chi connectivity index (χ2v) is 6.15. The van der Waals surface area contributed by atoms with E-state index in [-0.39, 0.29) is 12.1 Å². The minimum absolute atomic E-state index is 0.0656. The molecule has 3 nitrogen and oxygen atoms in total. The maximum atomic E-state index is 12.2. The summed E-state index contributed by atoms with van der Waals surface area (Å²) in [6.07, 6.45) is 4.46. The smallest absolute Gasteiger partial charge is 0.338 e. The fourth-order valence-electron chi connectivity index (χ4n) is 3.46. The van der Waals surface area contributed by atoms with Gasteiger partial charge in [-0.25, -0.2) is 4.79 Å². The lowest BCUT2D eigenvalue weighted by atomic mass is 10.0. The highest BCUT2D eigenvalue weighted by molar-refractivity contribution is 6.17. The van der Waals surface area contributed by atoms with Gasteiger partial charge in [-0.15, -0.1) is 11.6 Å². The van der Waals surface area contributed by atoms with Gasteiger partial charge >= 0.3 is 5.97 Å². The molecule has 1 aromatic rings. The van der Waals surface area contributed by atoms with Crippen LogP contribution in [0, 0.1) is 0 Å². The molecule has 0 N–H and O–H groups in total. The van der Waals surface area contributed by atoms with E-state index in [1.807, 2.05) is 18.2 Å². The molecule has 0 radical (unpaired) electrons. The molecule has 2 aliphatic rings. The molecule has 2 saturated heterocycles. The molecule has 0 aliphatic carbocycles. The van der Waals surface area contributed by atoms with Crippen molar-refractivity contribution in [3.8, 4) is 0 Å². The number of carbonyl (C=O) groups is 1. The van der Waals surface area contributed by atoms with Crippen LogP contribution in [0.5, 0.6) is 0 Å². The largest absolute Gasteiger partial charge is 0.459 e. The molecule has 2 heterocycles. The van der Waals surface area contributed by atoms with E-state index in [2.05, 4.69) is 11.9 Å². The Labute approximate surface area is 124 Å². The van der Waals surface area contributed by atoms with Crippen molar-refractivity contribution >= 4 is 17.6 Å². The first-order valence-electron chi connectivity index (χ1n) is 7.25. The van der Waals surface area contributed by atoms with E-state index in [4.69, 9.17) is 16.3 Å². The van der Waals surface area contributed by atoms with E-state index in [9.17, 15) is 4.79 Å². The van der Waals surface area contributed by atoms with Crippen LogP contribution in [-0.2, 0) is 10.6 Å². The van der Waals surface area contributed by atoms with Crippen LogP contribution in [0.1, 0.15) is 41.6 Å². The van der Waals surface area contributed by atoms with Gasteiger partial charge in [0.05, 0.1) is 5.56 Å². The average molecular weight is 294 g/mol. The number of ether oxygens (including phenoxy) is 1. The van der Waals surface area contributed by atoms with Gasteiger partial charge in [-0.1, -0.05) is 12.1 Å². The van der Waals surface area contributed by atoms with E-state index >= 15 is 0 Å². The van der Waals surface area contributed by atoms with Crippen LogP contribution < -0.4 is 0 Å². The molecule has 0 saturated carbocycles. The molecule has 2 fully saturated rings. The highest BCUT2D eigenvalue weighted by Gasteiger charge is 2.39. The van der Waals surface area contributed by atoms with Crippen LogP contribution in [0.2, 0.25) is 0 Å². The zero-order valence-corrected chi connectivity index (χ0v) is 12.5. The number of fused-ring (bicyclic) bond motifs is 2. The first kappa shape index (κ1) is 13.9. The first-order chi connectivity index (χ1) is 9.67. The number of hydrogen-bond acceptors (Lipinski definition) is 3.